The summed E-state index contributed by atoms with van der Waals surface area (Å²) in [5.74, 6) is 1.19. The first-order valence-corrected chi connectivity index (χ1v) is 10.4. The fourth-order valence-electron chi connectivity index (χ4n) is 4.24. The van der Waals surface area contributed by atoms with Crippen molar-refractivity contribution in [3.8, 4) is 0 Å². The molecule has 28 heavy (non-hydrogen) atoms. The van der Waals surface area contributed by atoms with E-state index in [1.54, 1.807) is 0 Å². The van der Waals surface area contributed by atoms with Crippen LogP contribution >= 0.6 is 0 Å². The molecule has 2 aromatic rings. The lowest BCUT2D eigenvalue weighted by Gasteiger charge is -2.39. The Hall–Kier alpha value is -2.13. The number of hydrogen-bond acceptors (Lipinski definition) is 3. The number of benzene rings is 2. The minimum atomic E-state index is -0.0204. The predicted molar refractivity (Wildman–Crippen MR) is 120 cm³/mol. The van der Waals surface area contributed by atoms with Gasteiger partial charge in [-0.15, -0.1) is 0 Å². The van der Waals surface area contributed by atoms with E-state index in [1.807, 2.05) is 6.21 Å². The third-order valence-electron chi connectivity index (χ3n) is 5.75. The van der Waals surface area contributed by atoms with E-state index in [0.717, 1.165) is 38.0 Å². The van der Waals surface area contributed by atoms with Crippen molar-refractivity contribution in [2.45, 2.75) is 44.6 Å². The molecule has 2 unspecified atom stereocenters. The Bertz CT molecular complexity index is 750. The van der Waals surface area contributed by atoms with Gasteiger partial charge in [0.05, 0.1) is 5.60 Å². The molecule has 0 radical (unpaired) electrons. The van der Waals surface area contributed by atoms with Crippen molar-refractivity contribution in [3.05, 3.63) is 65.7 Å². The van der Waals surface area contributed by atoms with Crippen molar-refractivity contribution in [3.63, 3.8) is 0 Å². The monoisotopic (exact) mass is 378 g/mol. The van der Waals surface area contributed by atoms with Crippen LogP contribution in [0.5, 0.6) is 0 Å². The van der Waals surface area contributed by atoms with Crippen molar-refractivity contribution in [1.29, 1.82) is 0 Å². The Balaban J connectivity index is 1.65. The van der Waals surface area contributed by atoms with Crippen LogP contribution in [0.4, 0.5) is 5.69 Å². The van der Waals surface area contributed by atoms with E-state index in [-0.39, 0.29) is 5.60 Å². The lowest BCUT2D eigenvalue weighted by atomic mass is 9.75. The topological polar surface area (TPSA) is 24.8 Å². The number of rotatable bonds is 7. The van der Waals surface area contributed by atoms with Crippen LogP contribution < -0.4 is 4.90 Å². The van der Waals surface area contributed by atoms with E-state index in [9.17, 15) is 0 Å². The number of nitrogens with zero attached hydrogens (tertiary/aromatic N) is 2. The van der Waals surface area contributed by atoms with Crippen molar-refractivity contribution in [1.82, 2.24) is 0 Å². The second-order valence-electron chi connectivity index (χ2n) is 8.69. The molecular formula is C25H34N2O. The Morgan fingerprint density at radius 3 is 2.46 bits per heavy atom. The summed E-state index contributed by atoms with van der Waals surface area (Å²) in [6, 6.07) is 19.5. The van der Waals surface area contributed by atoms with Gasteiger partial charge in [0, 0.05) is 39.1 Å². The van der Waals surface area contributed by atoms with Gasteiger partial charge >= 0.3 is 0 Å². The van der Waals surface area contributed by atoms with Crippen LogP contribution in [0.2, 0.25) is 0 Å². The molecule has 0 N–H and O–H groups in total. The summed E-state index contributed by atoms with van der Waals surface area (Å²) in [6.07, 6.45) is 5.34. The molecule has 3 nitrogen and oxygen atoms in total. The second-order valence-corrected chi connectivity index (χ2v) is 8.69. The summed E-state index contributed by atoms with van der Waals surface area (Å²) in [5, 5.41) is 0. The van der Waals surface area contributed by atoms with Gasteiger partial charge in [0.25, 0.3) is 0 Å². The van der Waals surface area contributed by atoms with Crippen LogP contribution in [0.3, 0.4) is 0 Å². The number of aliphatic imine (C=N–C) groups is 1. The first-order chi connectivity index (χ1) is 13.4. The largest absolute Gasteiger partial charge is 0.378 e. The molecule has 0 bridgehead atoms. The molecule has 2 atom stereocenters. The third-order valence-corrected chi connectivity index (χ3v) is 5.75. The zero-order valence-corrected chi connectivity index (χ0v) is 17.8. The molecular weight excluding hydrogens is 344 g/mol. The number of anilines is 1. The van der Waals surface area contributed by atoms with Gasteiger partial charge in [-0.05, 0) is 68.2 Å². The second kappa shape index (κ2) is 9.38. The highest BCUT2D eigenvalue weighted by Crippen LogP contribution is 2.39. The fourth-order valence-corrected chi connectivity index (χ4v) is 4.24. The van der Waals surface area contributed by atoms with Crippen LogP contribution in [0.1, 0.15) is 50.2 Å². The highest BCUT2D eigenvalue weighted by molar-refractivity contribution is 5.80. The third kappa shape index (κ3) is 5.68. The lowest BCUT2D eigenvalue weighted by Crippen LogP contribution is -2.36. The Morgan fingerprint density at radius 2 is 1.82 bits per heavy atom. The average molecular weight is 379 g/mol. The molecule has 1 heterocycles. The molecule has 0 aliphatic carbocycles. The smallest absolute Gasteiger partial charge is 0.0629 e. The zero-order valence-electron chi connectivity index (χ0n) is 17.8. The van der Waals surface area contributed by atoms with Crippen molar-refractivity contribution in [2.75, 3.05) is 32.1 Å². The molecule has 150 valence electrons. The molecule has 0 amide bonds. The van der Waals surface area contributed by atoms with Gasteiger partial charge < -0.3 is 9.64 Å². The van der Waals surface area contributed by atoms with E-state index < -0.39 is 0 Å². The lowest BCUT2D eigenvalue weighted by molar-refractivity contribution is -0.0771. The highest BCUT2D eigenvalue weighted by atomic mass is 16.5. The van der Waals surface area contributed by atoms with Gasteiger partial charge in [0.15, 0.2) is 0 Å². The van der Waals surface area contributed by atoms with E-state index in [1.165, 1.54) is 11.3 Å². The Kier molecular flexibility index (Phi) is 6.90. The van der Waals surface area contributed by atoms with Gasteiger partial charge in [-0.25, -0.2) is 0 Å². The minimum Gasteiger partial charge on any atom is -0.378 e. The van der Waals surface area contributed by atoms with E-state index in [4.69, 9.17) is 9.73 Å². The average Bonchev–Trinajstić information content (AvgIpc) is 2.68. The summed E-state index contributed by atoms with van der Waals surface area (Å²) < 4.78 is 5.96. The maximum atomic E-state index is 5.96. The molecule has 2 aromatic carbocycles. The molecule has 1 saturated heterocycles. The first kappa shape index (κ1) is 20.6. The summed E-state index contributed by atoms with van der Waals surface area (Å²) in [5.41, 5.74) is 3.79. The van der Waals surface area contributed by atoms with Crippen LogP contribution in [0, 0.1) is 5.92 Å². The zero-order chi connectivity index (χ0) is 20.0. The van der Waals surface area contributed by atoms with E-state index in [0.29, 0.717) is 11.8 Å². The van der Waals surface area contributed by atoms with Gasteiger partial charge in [0.2, 0.25) is 0 Å². The first-order valence-electron chi connectivity index (χ1n) is 10.4. The molecule has 3 heteroatoms. The standard InChI is InChI=1S/C25H34N2O/c1-25(2)18-22(15-17-28-25)24(21-8-6-5-7-9-21)14-16-26-19-20-10-12-23(13-11-20)27(3)4/h5-13,19,22,24H,14-18H2,1-4H3. The Labute approximate surface area is 170 Å². The fraction of sp³-hybridized carbons (Fsp3) is 0.480. The van der Waals surface area contributed by atoms with Gasteiger partial charge in [-0.1, -0.05) is 42.5 Å². The summed E-state index contributed by atoms with van der Waals surface area (Å²) in [4.78, 5) is 6.85. The van der Waals surface area contributed by atoms with Crippen LogP contribution in [-0.2, 0) is 4.74 Å². The summed E-state index contributed by atoms with van der Waals surface area (Å²) >= 11 is 0. The molecule has 0 spiro atoms. The minimum absolute atomic E-state index is 0.0204. The number of hydrogen-bond donors (Lipinski definition) is 0. The van der Waals surface area contributed by atoms with Crippen molar-refractivity contribution in [2.24, 2.45) is 10.9 Å². The van der Waals surface area contributed by atoms with E-state index in [2.05, 4.69) is 87.4 Å². The van der Waals surface area contributed by atoms with E-state index >= 15 is 0 Å². The van der Waals surface area contributed by atoms with Crippen LogP contribution in [0.25, 0.3) is 0 Å². The summed E-state index contributed by atoms with van der Waals surface area (Å²) in [6.45, 7) is 6.16. The van der Waals surface area contributed by atoms with Crippen molar-refractivity contribution >= 4 is 11.9 Å². The molecule has 1 aliphatic heterocycles. The molecule has 0 saturated carbocycles. The van der Waals surface area contributed by atoms with Gasteiger partial charge in [-0.3, -0.25) is 4.99 Å². The maximum absolute atomic E-state index is 5.96. The van der Waals surface area contributed by atoms with Gasteiger partial charge in [-0.2, -0.15) is 0 Å². The molecule has 1 fully saturated rings. The number of ether oxygens (including phenoxy) is 1. The quantitative estimate of drug-likeness (QED) is 0.590. The van der Waals surface area contributed by atoms with Crippen molar-refractivity contribution < 1.29 is 4.74 Å². The molecule has 1 aliphatic rings. The molecule has 0 aromatic heterocycles. The normalized spacial score (nSPS) is 20.2. The van der Waals surface area contributed by atoms with Crippen LogP contribution in [-0.4, -0.2) is 39.1 Å². The highest BCUT2D eigenvalue weighted by Gasteiger charge is 2.33. The Morgan fingerprint density at radius 1 is 1.11 bits per heavy atom. The SMILES string of the molecule is CN(C)c1ccc(C=NCCC(c2ccccc2)C2CCOC(C)(C)C2)cc1. The predicted octanol–water partition coefficient (Wildman–Crippen LogP) is 5.55. The summed E-state index contributed by atoms with van der Waals surface area (Å²) in [7, 11) is 4.12. The molecule has 3 rings (SSSR count). The van der Waals surface area contributed by atoms with Crippen LogP contribution in [0.15, 0.2) is 59.6 Å². The maximum Gasteiger partial charge on any atom is 0.0629 e. The van der Waals surface area contributed by atoms with Gasteiger partial charge in [0.1, 0.15) is 0 Å².